The summed E-state index contributed by atoms with van der Waals surface area (Å²) in [6, 6.07) is 2.69. The smallest absolute Gasteiger partial charge is 0.125 e. The Bertz CT molecular complexity index is 644. The van der Waals surface area contributed by atoms with Crippen LogP contribution in [-0.2, 0) is 0 Å². The van der Waals surface area contributed by atoms with Gasteiger partial charge in [0, 0.05) is 12.2 Å². The van der Waals surface area contributed by atoms with E-state index in [0.29, 0.717) is 6.04 Å². The molecule has 24 heavy (non-hydrogen) atoms. The number of rotatable bonds is 12. The number of thiazole rings is 1. The molecular weight excluding hydrogens is 332 g/mol. The topological polar surface area (TPSA) is 17.8 Å². The van der Waals surface area contributed by atoms with E-state index < -0.39 is 0 Å². The molecule has 0 saturated carbocycles. The number of unbranched alkanes of at least 4 members (excludes halogenated alkanes) is 7. The summed E-state index contributed by atoms with van der Waals surface area (Å²) in [5, 5.41) is 0. The van der Waals surface area contributed by atoms with E-state index in [9.17, 15) is 0 Å². The Morgan fingerprint density at radius 2 is 1.62 bits per heavy atom. The maximum absolute atomic E-state index is 5.78. The van der Waals surface area contributed by atoms with E-state index in [2.05, 4.69) is 35.7 Å². The van der Waals surface area contributed by atoms with Gasteiger partial charge in [-0.15, -0.1) is 11.3 Å². The number of hydrogen-bond donors (Lipinski definition) is 0. The van der Waals surface area contributed by atoms with Crippen LogP contribution in [0.15, 0.2) is 17.8 Å². The lowest BCUT2D eigenvalue weighted by Crippen LogP contribution is -2.10. The van der Waals surface area contributed by atoms with Crippen LogP contribution < -0.4 is 0 Å². The molecular formula is C20H32N2S2. The summed E-state index contributed by atoms with van der Waals surface area (Å²) >= 11 is 7.46. The molecule has 0 bridgehead atoms. The van der Waals surface area contributed by atoms with Gasteiger partial charge in [0.15, 0.2) is 0 Å². The summed E-state index contributed by atoms with van der Waals surface area (Å²) in [5.41, 5.74) is 2.96. The van der Waals surface area contributed by atoms with Crippen molar-refractivity contribution in [2.24, 2.45) is 0 Å². The molecule has 0 aliphatic rings. The Morgan fingerprint density at radius 3 is 2.29 bits per heavy atom. The summed E-state index contributed by atoms with van der Waals surface area (Å²) in [6.07, 6.45) is 16.7. The third-order valence-corrected chi connectivity index (χ3v) is 6.24. The minimum atomic E-state index is 0.558. The Balaban J connectivity index is 2.04. The van der Waals surface area contributed by atoms with Gasteiger partial charge in [-0.3, -0.25) is 0 Å². The van der Waals surface area contributed by atoms with Gasteiger partial charge in [-0.2, -0.15) is 0 Å². The predicted molar refractivity (Wildman–Crippen MR) is 110 cm³/mol. The van der Waals surface area contributed by atoms with Crippen LogP contribution in [-0.4, -0.2) is 9.55 Å². The normalized spacial score (nSPS) is 12.8. The van der Waals surface area contributed by atoms with E-state index in [4.69, 9.17) is 12.2 Å². The van der Waals surface area contributed by atoms with Gasteiger partial charge in [0.25, 0.3) is 0 Å². The number of fused-ring (bicyclic) bond motifs is 1. The molecule has 0 radical (unpaired) electrons. The van der Waals surface area contributed by atoms with Crippen molar-refractivity contribution in [3.8, 4) is 0 Å². The third kappa shape index (κ3) is 5.66. The largest absolute Gasteiger partial charge is 0.335 e. The van der Waals surface area contributed by atoms with Crippen LogP contribution in [0.2, 0.25) is 0 Å². The van der Waals surface area contributed by atoms with Gasteiger partial charge in [0.2, 0.25) is 0 Å². The zero-order chi connectivity index (χ0) is 17.2. The molecule has 1 atom stereocenters. The van der Waals surface area contributed by atoms with Crippen LogP contribution in [0, 0.1) is 4.64 Å². The second-order valence-electron chi connectivity index (χ2n) is 6.80. The van der Waals surface area contributed by atoms with E-state index in [1.54, 1.807) is 11.3 Å². The first-order valence-electron chi connectivity index (χ1n) is 9.72. The summed E-state index contributed by atoms with van der Waals surface area (Å²) < 4.78 is 4.53. The van der Waals surface area contributed by atoms with Crippen LogP contribution >= 0.6 is 23.6 Å². The summed E-state index contributed by atoms with van der Waals surface area (Å²) in [6.45, 7) is 4.55. The fraction of sp³-hybridized carbons (Fsp3) is 0.700. The molecule has 2 heterocycles. The minimum absolute atomic E-state index is 0.558. The van der Waals surface area contributed by atoms with Gasteiger partial charge < -0.3 is 4.57 Å². The lowest BCUT2D eigenvalue weighted by molar-refractivity contribution is 0.393. The predicted octanol–water partition coefficient (Wildman–Crippen LogP) is 7.70. The average molecular weight is 365 g/mol. The Hall–Kier alpha value is -0.740. The number of aromatic nitrogens is 2. The minimum Gasteiger partial charge on any atom is -0.335 e. The first-order valence-corrected chi connectivity index (χ1v) is 11.0. The van der Waals surface area contributed by atoms with Crippen molar-refractivity contribution in [3.05, 3.63) is 22.4 Å². The molecule has 0 aromatic carbocycles. The zero-order valence-corrected chi connectivity index (χ0v) is 16.9. The maximum Gasteiger partial charge on any atom is 0.125 e. The van der Waals surface area contributed by atoms with Crippen molar-refractivity contribution in [2.75, 3.05) is 0 Å². The molecule has 0 unspecified atom stereocenters. The van der Waals surface area contributed by atoms with Crippen molar-refractivity contribution >= 4 is 33.8 Å². The van der Waals surface area contributed by atoms with Crippen LogP contribution in [0.5, 0.6) is 0 Å². The van der Waals surface area contributed by atoms with Crippen LogP contribution in [0.25, 0.3) is 10.2 Å². The quantitative estimate of drug-likeness (QED) is 0.283. The first-order chi connectivity index (χ1) is 11.8. The number of hydrogen-bond acceptors (Lipinski definition) is 3. The van der Waals surface area contributed by atoms with Crippen molar-refractivity contribution in [1.82, 2.24) is 9.55 Å². The average Bonchev–Trinajstić information content (AvgIpc) is 3.07. The highest BCUT2D eigenvalue weighted by Crippen LogP contribution is 2.27. The highest BCUT2D eigenvalue weighted by molar-refractivity contribution is 7.71. The summed E-state index contributed by atoms with van der Waals surface area (Å²) in [7, 11) is 0. The number of pyridine rings is 1. The van der Waals surface area contributed by atoms with E-state index in [0.717, 1.165) is 10.2 Å². The maximum atomic E-state index is 5.78. The lowest BCUT2D eigenvalue weighted by atomic mass is 10.0. The summed E-state index contributed by atoms with van der Waals surface area (Å²) in [4.78, 5) is 4.40. The highest BCUT2D eigenvalue weighted by atomic mass is 32.1. The van der Waals surface area contributed by atoms with Crippen LogP contribution in [0.4, 0.5) is 0 Å². The lowest BCUT2D eigenvalue weighted by Gasteiger charge is -2.21. The molecule has 2 aromatic rings. The molecule has 0 saturated heterocycles. The van der Waals surface area contributed by atoms with Gasteiger partial charge in [-0.1, -0.05) is 83.9 Å². The fourth-order valence-corrected chi connectivity index (χ4v) is 4.55. The molecule has 2 aromatic heterocycles. The monoisotopic (exact) mass is 364 g/mol. The molecule has 0 aliphatic heterocycles. The van der Waals surface area contributed by atoms with Crippen LogP contribution in [0.3, 0.4) is 0 Å². The van der Waals surface area contributed by atoms with E-state index in [1.807, 2.05) is 5.51 Å². The van der Waals surface area contributed by atoms with Gasteiger partial charge in [0.05, 0.1) is 15.7 Å². The van der Waals surface area contributed by atoms with E-state index >= 15 is 0 Å². The fourth-order valence-electron chi connectivity index (χ4n) is 3.37. The van der Waals surface area contributed by atoms with Crippen molar-refractivity contribution in [1.29, 1.82) is 0 Å². The van der Waals surface area contributed by atoms with Gasteiger partial charge >= 0.3 is 0 Å². The molecule has 0 amide bonds. The first kappa shape index (κ1) is 19.6. The molecule has 2 nitrogen and oxygen atoms in total. The van der Waals surface area contributed by atoms with Gasteiger partial charge in [0.1, 0.15) is 4.64 Å². The Kier molecular flexibility index (Phi) is 8.97. The molecule has 134 valence electrons. The second-order valence-corrected chi connectivity index (χ2v) is 8.04. The molecule has 2 rings (SSSR count). The zero-order valence-electron chi connectivity index (χ0n) is 15.3. The van der Waals surface area contributed by atoms with Gasteiger partial charge in [-0.05, 0) is 18.9 Å². The Labute approximate surface area is 156 Å². The number of nitrogens with zero attached hydrogens (tertiary/aromatic N) is 2. The molecule has 4 heteroatoms. The molecule has 0 N–H and O–H groups in total. The Morgan fingerprint density at radius 1 is 1.00 bits per heavy atom. The summed E-state index contributed by atoms with van der Waals surface area (Å²) in [5.74, 6) is 0. The second kappa shape index (κ2) is 11.0. The van der Waals surface area contributed by atoms with E-state index in [-0.39, 0.29) is 0 Å². The van der Waals surface area contributed by atoms with Gasteiger partial charge in [-0.25, -0.2) is 4.98 Å². The van der Waals surface area contributed by atoms with Crippen molar-refractivity contribution in [3.63, 3.8) is 0 Å². The molecule has 0 spiro atoms. The highest BCUT2D eigenvalue weighted by Gasteiger charge is 2.13. The molecule has 0 aliphatic carbocycles. The third-order valence-electron chi connectivity index (χ3n) is 4.84. The molecule has 0 fully saturated rings. The van der Waals surface area contributed by atoms with E-state index in [1.165, 1.54) is 75.3 Å². The van der Waals surface area contributed by atoms with Crippen LogP contribution in [0.1, 0.15) is 90.5 Å². The SMILES string of the molecule is CCCCCCC[C@H](CCCCCC)n1ccc2ncsc2c1=S. The standard InChI is InChI=1S/C20H32N2S2/c1-3-5-7-9-11-13-17(12-10-8-6-4-2)22-15-14-18-19(20(22)23)24-16-21-18/h14-17H,3-13H2,1-2H3/t17-/m0/s1. The van der Waals surface area contributed by atoms with Crippen molar-refractivity contribution < 1.29 is 0 Å². The van der Waals surface area contributed by atoms with Crippen molar-refractivity contribution in [2.45, 2.75) is 90.5 Å².